The molecule has 2 fully saturated rings. The van der Waals surface area contributed by atoms with Gasteiger partial charge in [0.1, 0.15) is 0 Å². The number of nitro benzene ring substituents is 1. The highest BCUT2D eigenvalue weighted by atomic mass is 35.5. The summed E-state index contributed by atoms with van der Waals surface area (Å²) in [4.78, 5) is 51.7. The fraction of sp³-hybridized carbons (Fsp3) is 0.348. The third-order valence-electron chi connectivity index (χ3n) is 6.14. The Morgan fingerprint density at radius 1 is 1.06 bits per heavy atom. The normalized spacial score (nSPS) is 18.9. The Kier molecular flexibility index (Phi) is 6.60. The van der Waals surface area contributed by atoms with Crippen LogP contribution in [0.5, 0.6) is 0 Å². The monoisotopic (exact) mass is 470 g/mol. The molecule has 3 amide bonds. The second-order valence-corrected chi connectivity index (χ2v) is 8.66. The number of carbonyl (C=O) groups is 3. The summed E-state index contributed by atoms with van der Waals surface area (Å²) in [6, 6.07) is 13.2. The average Bonchev–Trinajstić information content (AvgIpc) is 3.22. The molecular formula is C23H23ClN4O5. The minimum atomic E-state index is -0.554. The zero-order valence-electron chi connectivity index (χ0n) is 17.8. The highest BCUT2D eigenvalue weighted by Crippen LogP contribution is 2.30. The molecule has 1 N–H and O–H groups in total. The van der Waals surface area contributed by atoms with Crippen molar-refractivity contribution in [1.82, 2.24) is 4.90 Å². The van der Waals surface area contributed by atoms with Crippen LogP contribution in [0, 0.1) is 22.0 Å². The first-order valence-corrected chi connectivity index (χ1v) is 11.1. The van der Waals surface area contributed by atoms with Crippen molar-refractivity contribution in [2.24, 2.45) is 11.8 Å². The van der Waals surface area contributed by atoms with Gasteiger partial charge >= 0.3 is 0 Å². The molecule has 9 nitrogen and oxygen atoms in total. The molecule has 0 aliphatic carbocycles. The van der Waals surface area contributed by atoms with Gasteiger partial charge < -0.3 is 15.1 Å². The number of benzene rings is 2. The molecule has 2 aromatic rings. The lowest BCUT2D eigenvalue weighted by atomic mass is 9.94. The van der Waals surface area contributed by atoms with E-state index in [1.54, 1.807) is 9.80 Å². The lowest BCUT2D eigenvalue weighted by Gasteiger charge is -2.33. The largest absolute Gasteiger partial charge is 0.342 e. The van der Waals surface area contributed by atoms with Gasteiger partial charge in [0.05, 0.1) is 21.6 Å². The number of likely N-dealkylation sites (tertiary alicyclic amines) is 1. The first-order valence-electron chi connectivity index (χ1n) is 10.7. The van der Waals surface area contributed by atoms with Gasteiger partial charge in [-0.05, 0) is 31.0 Å². The predicted octanol–water partition coefficient (Wildman–Crippen LogP) is 3.48. The van der Waals surface area contributed by atoms with Crippen molar-refractivity contribution in [2.45, 2.75) is 19.3 Å². The zero-order chi connectivity index (χ0) is 23.5. The lowest BCUT2D eigenvalue weighted by molar-refractivity contribution is -0.384. The summed E-state index contributed by atoms with van der Waals surface area (Å²) in [5.41, 5.74) is 0.954. The minimum Gasteiger partial charge on any atom is -0.342 e. The molecule has 2 aromatic carbocycles. The molecule has 33 heavy (non-hydrogen) atoms. The van der Waals surface area contributed by atoms with E-state index in [-0.39, 0.29) is 46.7 Å². The Labute approximate surface area is 195 Å². The predicted molar refractivity (Wildman–Crippen MR) is 123 cm³/mol. The third-order valence-corrected chi connectivity index (χ3v) is 6.45. The van der Waals surface area contributed by atoms with E-state index < -0.39 is 4.92 Å². The summed E-state index contributed by atoms with van der Waals surface area (Å²) in [5.74, 6) is -1.04. The van der Waals surface area contributed by atoms with Gasteiger partial charge in [-0.25, -0.2) is 0 Å². The fourth-order valence-corrected chi connectivity index (χ4v) is 4.53. The van der Waals surface area contributed by atoms with Crippen LogP contribution < -0.4 is 10.2 Å². The zero-order valence-corrected chi connectivity index (χ0v) is 18.5. The summed E-state index contributed by atoms with van der Waals surface area (Å²) in [5, 5.41) is 13.7. The summed E-state index contributed by atoms with van der Waals surface area (Å²) >= 11 is 6.06. The van der Waals surface area contributed by atoms with E-state index in [9.17, 15) is 24.5 Å². The van der Waals surface area contributed by atoms with E-state index in [0.717, 1.165) is 5.69 Å². The van der Waals surface area contributed by atoms with Gasteiger partial charge in [0.25, 0.3) is 5.69 Å². The number of hydrogen-bond acceptors (Lipinski definition) is 5. The van der Waals surface area contributed by atoms with Crippen LogP contribution in [0.25, 0.3) is 0 Å². The first kappa shape index (κ1) is 22.7. The molecule has 4 rings (SSSR count). The fourth-order valence-electron chi connectivity index (χ4n) is 4.30. The van der Waals surface area contributed by atoms with Crippen molar-refractivity contribution in [3.63, 3.8) is 0 Å². The van der Waals surface area contributed by atoms with Crippen LogP contribution in [0.1, 0.15) is 19.3 Å². The van der Waals surface area contributed by atoms with Crippen molar-refractivity contribution in [3.8, 4) is 0 Å². The summed E-state index contributed by atoms with van der Waals surface area (Å²) in [6.07, 6.45) is 1.17. The molecule has 1 unspecified atom stereocenters. The molecule has 0 saturated carbocycles. The van der Waals surface area contributed by atoms with Gasteiger partial charge in [-0.15, -0.1) is 0 Å². The van der Waals surface area contributed by atoms with E-state index in [2.05, 4.69) is 5.32 Å². The van der Waals surface area contributed by atoms with Crippen LogP contribution >= 0.6 is 11.6 Å². The topological polar surface area (TPSA) is 113 Å². The summed E-state index contributed by atoms with van der Waals surface area (Å²) in [6.45, 7) is 1.22. The van der Waals surface area contributed by atoms with Crippen LogP contribution in [0.4, 0.5) is 17.1 Å². The summed E-state index contributed by atoms with van der Waals surface area (Å²) in [7, 11) is 0. The Morgan fingerprint density at radius 3 is 2.39 bits per heavy atom. The van der Waals surface area contributed by atoms with Crippen molar-refractivity contribution < 1.29 is 19.3 Å². The maximum Gasteiger partial charge on any atom is 0.271 e. The molecule has 1 atom stereocenters. The number of nitrogens with one attached hydrogen (secondary N) is 1. The van der Waals surface area contributed by atoms with Gasteiger partial charge in [0.15, 0.2) is 0 Å². The van der Waals surface area contributed by atoms with Gasteiger partial charge in [0, 0.05) is 49.8 Å². The van der Waals surface area contributed by atoms with E-state index >= 15 is 0 Å². The number of nitro groups is 1. The molecule has 2 saturated heterocycles. The Balaban J connectivity index is 1.30. The molecule has 0 bridgehead atoms. The van der Waals surface area contributed by atoms with Gasteiger partial charge in [-0.2, -0.15) is 0 Å². The molecule has 2 aliphatic heterocycles. The molecule has 10 heteroatoms. The van der Waals surface area contributed by atoms with Gasteiger partial charge in [-0.3, -0.25) is 24.5 Å². The van der Waals surface area contributed by atoms with Gasteiger partial charge in [-0.1, -0.05) is 29.8 Å². The Morgan fingerprint density at radius 2 is 1.76 bits per heavy atom. The lowest BCUT2D eigenvalue weighted by Crippen LogP contribution is -2.44. The van der Waals surface area contributed by atoms with Crippen LogP contribution in [0.2, 0.25) is 5.02 Å². The number of carbonyl (C=O) groups excluding carboxylic acids is 3. The number of hydrogen-bond donors (Lipinski definition) is 1. The quantitative estimate of drug-likeness (QED) is 0.531. The molecular weight excluding hydrogens is 448 g/mol. The number of rotatable bonds is 5. The molecule has 2 aliphatic rings. The van der Waals surface area contributed by atoms with Crippen LogP contribution in [-0.2, 0) is 14.4 Å². The maximum absolute atomic E-state index is 13.0. The smallest absolute Gasteiger partial charge is 0.271 e. The van der Waals surface area contributed by atoms with Crippen LogP contribution in [-0.4, -0.2) is 47.2 Å². The summed E-state index contributed by atoms with van der Waals surface area (Å²) < 4.78 is 0. The molecule has 2 heterocycles. The molecule has 0 aromatic heterocycles. The van der Waals surface area contributed by atoms with Crippen molar-refractivity contribution in [2.75, 3.05) is 29.9 Å². The number of non-ortho nitro benzene ring substituents is 1. The number of amides is 3. The maximum atomic E-state index is 13.0. The van der Waals surface area contributed by atoms with Crippen molar-refractivity contribution in [1.29, 1.82) is 0 Å². The van der Waals surface area contributed by atoms with E-state index in [1.807, 2.05) is 30.3 Å². The van der Waals surface area contributed by atoms with E-state index in [1.165, 1.54) is 18.2 Å². The van der Waals surface area contributed by atoms with Gasteiger partial charge in [0.2, 0.25) is 17.7 Å². The molecule has 172 valence electrons. The van der Waals surface area contributed by atoms with Crippen LogP contribution in [0.15, 0.2) is 48.5 Å². The number of anilines is 2. The minimum absolute atomic E-state index is 0.0564. The van der Waals surface area contributed by atoms with Crippen LogP contribution in [0.3, 0.4) is 0 Å². The number of piperidine rings is 1. The SMILES string of the molecule is O=C(Nc1ccc([N+](=O)[O-])cc1Cl)C1CCN(C(=O)C2CC(=O)N(c3ccccc3)C2)CC1. The first-order chi connectivity index (χ1) is 15.8. The van der Waals surface area contributed by atoms with Crippen molar-refractivity contribution >= 4 is 46.4 Å². The standard InChI is InChI=1S/C23H23ClN4O5/c24-19-13-18(28(32)33)6-7-20(19)25-22(30)15-8-10-26(11-9-15)23(31)16-12-21(29)27(14-16)17-4-2-1-3-5-17/h1-7,13,15-16H,8-12,14H2,(H,25,30). The molecule has 0 radical (unpaired) electrons. The number of halogens is 1. The second-order valence-electron chi connectivity index (χ2n) is 8.25. The Hall–Kier alpha value is -3.46. The van der Waals surface area contributed by atoms with E-state index in [0.29, 0.717) is 38.2 Å². The van der Waals surface area contributed by atoms with Crippen molar-refractivity contribution in [3.05, 3.63) is 63.7 Å². The highest BCUT2D eigenvalue weighted by Gasteiger charge is 2.38. The Bertz CT molecular complexity index is 1090. The highest BCUT2D eigenvalue weighted by molar-refractivity contribution is 6.34. The number of para-hydroxylation sites is 1. The molecule has 0 spiro atoms. The van der Waals surface area contributed by atoms with E-state index in [4.69, 9.17) is 11.6 Å². The second kappa shape index (κ2) is 9.58. The number of nitrogens with zero attached hydrogens (tertiary/aromatic N) is 3. The average molecular weight is 471 g/mol. The third kappa shape index (κ3) is 4.98.